The van der Waals surface area contributed by atoms with Gasteiger partial charge in [-0.05, 0) is 76.9 Å². The summed E-state index contributed by atoms with van der Waals surface area (Å²) in [6.45, 7) is 8.74. The van der Waals surface area contributed by atoms with E-state index in [2.05, 4.69) is 4.98 Å². The third-order valence-electron chi connectivity index (χ3n) is 5.67. The first-order valence-corrected chi connectivity index (χ1v) is 11.4. The summed E-state index contributed by atoms with van der Waals surface area (Å²) in [7, 11) is 0. The number of amides is 1. The summed E-state index contributed by atoms with van der Waals surface area (Å²) in [5.74, 6) is 1.38. The number of ether oxygens (including phenoxy) is 2. The Morgan fingerprint density at radius 3 is 2.48 bits per heavy atom. The lowest BCUT2D eigenvalue weighted by Crippen LogP contribution is -2.37. The fourth-order valence-electron chi connectivity index (χ4n) is 4.11. The van der Waals surface area contributed by atoms with E-state index in [0.717, 1.165) is 30.7 Å². The number of nitrogens with zero attached hydrogens (tertiary/aromatic N) is 3. The fourth-order valence-corrected chi connectivity index (χ4v) is 4.11. The van der Waals surface area contributed by atoms with Gasteiger partial charge in [0.2, 0.25) is 0 Å². The highest BCUT2D eigenvalue weighted by Crippen LogP contribution is 2.22. The van der Waals surface area contributed by atoms with Crippen molar-refractivity contribution in [1.82, 2.24) is 14.5 Å². The third kappa shape index (κ3) is 5.35. The molecule has 0 N–H and O–H groups in total. The second-order valence-electron chi connectivity index (χ2n) is 9.45. The minimum absolute atomic E-state index is 0.0232. The SMILES string of the molecule is Cc1nc2ccccc2c(=O)n1-c1ccc(OC2CCCN(C(=O)OC(C)(C)C)CC2)cc1. The van der Waals surface area contributed by atoms with Crippen LogP contribution in [0.5, 0.6) is 5.75 Å². The van der Waals surface area contributed by atoms with Crippen molar-refractivity contribution in [2.24, 2.45) is 0 Å². The molecule has 1 aromatic heterocycles. The van der Waals surface area contributed by atoms with Crippen LogP contribution in [0.15, 0.2) is 53.3 Å². The van der Waals surface area contributed by atoms with Crippen LogP contribution in [0.4, 0.5) is 4.79 Å². The van der Waals surface area contributed by atoms with Gasteiger partial charge in [-0.2, -0.15) is 0 Å². The molecule has 0 radical (unpaired) electrons. The van der Waals surface area contributed by atoms with Crippen molar-refractivity contribution >= 4 is 17.0 Å². The molecule has 7 nitrogen and oxygen atoms in total. The standard InChI is InChI=1S/C26H31N3O4/c1-18-27-23-10-6-5-9-22(23)24(30)29(18)19-11-13-21(14-12-19)32-20-8-7-16-28(17-15-20)25(31)33-26(2,3)4/h5-6,9-14,20H,7-8,15-17H2,1-4H3. The number of carbonyl (C=O) groups is 1. The van der Waals surface area contributed by atoms with Gasteiger partial charge in [-0.1, -0.05) is 12.1 Å². The zero-order chi connectivity index (χ0) is 23.6. The predicted octanol–water partition coefficient (Wildman–Crippen LogP) is 4.86. The lowest BCUT2D eigenvalue weighted by Gasteiger charge is -2.26. The Morgan fingerprint density at radius 2 is 1.76 bits per heavy atom. The van der Waals surface area contributed by atoms with E-state index in [1.807, 2.05) is 70.2 Å². The van der Waals surface area contributed by atoms with Crippen LogP contribution in [0.2, 0.25) is 0 Å². The van der Waals surface area contributed by atoms with Gasteiger partial charge >= 0.3 is 6.09 Å². The first-order valence-electron chi connectivity index (χ1n) is 11.4. The van der Waals surface area contributed by atoms with E-state index in [0.29, 0.717) is 29.8 Å². The zero-order valence-corrected chi connectivity index (χ0v) is 19.7. The molecule has 0 spiro atoms. The quantitative estimate of drug-likeness (QED) is 0.571. The van der Waals surface area contributed by atoms with Crippen LogP contribution >= 0.6 is 0 Å². The summed E-state index contributed by atoms with van der Waals surface area (Å²) in [5.41, 5.74) is 0.866. The molecule has 1 aliphatic heterocycles. The number of para-hydroxylation sites is 1. The van der Waals surface area contributed by atoms with Crippen LogP contribution in [0.1, 0.15) is 45.9 Å². The van der Waals surface area contributed by atoms with Crippen molar-refractivity contribution in [2.45, 2.75) is 58.7 Å². The van der Waals surface area contributed by atoms with E-state index in [4.69, 9.17) is 9.47 Å². The summed E-state index contributed by atoms with van der Waals surface area (Å²) in [6, 6.07) is 14.9. The van der Waals surface area contributed by atoms with Crippen molar-refractivity contribution in [3.8, 4) is 11.4 Å². The molecule has 1 fully saturated rings. The Balaban J connectivity index is 1.44. The minimum atomic E-state index is -0.498. The second-order valence-corrected chi connectivity index (χ2v) is 9.45. The molecule has 174 valence electrons. The lowest BCUT2D eigenvalue weighted by atomic mass is 10.1. The Kier molecular flexibility index (Phi) is 6.40. The molecule has 0 aliphatic carbocycles. The molecule has 0 saturated carbocycles. The number of rotatable bonds is 3. The van der Waals surface area contributed by atoms with E-state index in [-0.39, 0.29) is 17.8 Å². The Hall–Kier alpha value is -3.35. The van der Waals surface area contributed by atoms with Crippen LogP contribution in [0.3, 0.4) is 0 Å². The summed E-state index contributed by atoms with van der Waals surface area (Å²) in [5, 5.41) is 0.594. The van der Waals surface area contributed by atoms with E-state index in [9.17, 15) is 9.59 Å². The molecule has 1 saturated heterocycles. The Morgan fingerprint density at radius 1 is 1.03 bits per heavy atom. The predicted molar refractivity (Wildman–Crippen MR) is 128 cm³/mol. The van der Waals surface area contributed by atoms with Gasteiger partial charge in [0.05, 0.1) is 16.6 Å². The summed E-state index contributed by atoms with van der Waals surface area (Å²) < 4.78 is 13.3. The van der Waals surface area contributed by atoms with Crippen molar-refractivity contribution in [3.63, 3.8) is 0 Å². The molecule has 1 aliphatic rings. The largest absolute Gasteiger partial charge is 0.490 e. The summed E-state index contributed by atoms with van der Waals surface area (Å²) >= 11 is 0. The maximum absolute atomic E-state index is 13.0. The molecule has 2 aromatic carbocycles. The number of hydrogen-bond acceptors (Lipinski definition) is 5. The number of fused-ring (bicyclic) bond motifs is 1. The van der Waals surface area contributed by atoms with Gasteiger partial charge in [0, 0.05) is 19.5 Å². The molecule has 0 bridgehead atoms. The van der Waals surface area contributed by atoms with Crippen LogP contribution in [-0.4, -0.2) is 45.3 Å². The van der Waals surface area contributed by atoms with Gasteiger partial charge in [-0.3, -0.25) is 9.36 Å². The smallest absolute Gasteiger partial charge is 0.410 e. The zero-order valence-electron chi connectivity index (χ0n) is 19.7. The highest BCUT2D eigenvalue weighted by Gasteiger charge is 2.25. The van der Waals surface area contributed by atoms with Gasteiger partial charge < -0.3 is 14.4 Å². The van der Waals surface area contributed by atoms with Crippen LogP contribution in [0, 0.1) is 6.92 Å². The molecule has 1 amide bonds. The molecule has 33 heavy (non-hydrogen) atoms. The number of aryl methyl sites for hydroxylation is 1. The highest BCUT2D eigenvalue weighted by atomic mass is 16.6. The van der Waals surface area contributed by atoms with Gasteiger partial charge in [0.1, 0.15) is 23.3 Å². The van der Waals surface area contributed by atoms with Crippen LogP contribution in [-0.2, 0) is 4.74 Å². The average molecular weight is 450 g/mol. The van der Waals surface area contributed by atoms with Gasteiger partial charge in [-0.25, -0.2) is 9.78 Å². The number of likely N-dealkylation sites (tertiary alicyclic amines) is 1. The maximum Gasteiger partial charge on any atom is 0.410 e. The van der Waals surface area contributed by atoms with Gasteiger partial charge in [0.25, 0.3) is 5.56 Å². The first kappa shape index (κ1) is 22.8. The van der Waals surface area contributed by atoms with Gasteiger partial charge in [0.15, 0.2) is 0 Å². The van der Waals surface area contributed by atoms with E-state index in [1.165, 1.54) is 0 Å². The molecule has 4 rings (SSSR count). The summed E-state index contributed by atoms with van der Waals surface area (Å²) in [6.07, 6.45) is 2.23. The monoisotopic (exact) mass is 449 g/mol. The normalized spacial score (nSPS) is 17.0. The Bertz CT molecular complexity index is 1190. The van der Waals surface area contributed by atoms with Crippen molar-refractivity contribution in [3.05, 3.63) is 64.7 Å². The van der Waals surface area contributed by atoms with Crippen molar-refractivity contribution in [2.75, 3.05) is 13.1 Å². The second kappa shape index (κ2) is 9.25. The van der Waals surface area contributed by atoms with Crippen LogP contribution in [0.25, 0.3) is 16.6 Å². The highest BCUT2D eigenvalue weighted by molar-refractivity contribution is 5.77. The molecule has 1 atom stereocenters. The van der Waals surface area contributed by atoms with Gasteiger partial charge in [-0.15, -0.1) is 0 Å². The lowest BCUT2D eigenvalue weighted by molar-refractivity contribution is 0.0252. The summed E-state index contributed by atoms with van der Waals surface area (Å²) in [4.78, 5) is 31.7. The average Bonchev–Trinajstić information content (AvgIpc) is 2.99. The molecule has 2 heterocycles. The number of aromatic nitrogens is 2. The topological polar surface area (TPSA) is 73.7 Å². The first-order chi connectivity index (χ1) is 15.7. The third-order valence-corrected chi connectivity index (χ3v) is 5.67. The molecular formula is C26H31N3O4. The van der Waals surface area contributed by atoms with Crippen LogP contribution < -0.4 is 10.3 Å². The number of hydrogen-bond donors (Lipinski definition) is 0. The van der Waals surface area contributed by atoms with E-state index < -0.39 is 5.60 Å². The number of benzene rings is 2. The minimum Gasteiger partial charge on any atom is -0.490 e. The maximum atomic E-state index is 13.0. The van der Waals surface area contributed by atoms with E-state index in [1.54, 1.807) is 15.5 Å². The molecule has 7 heteroatoms. The number of carbonyl (C=O) groups excluding carboxylic acids is 1. The molecular weight excluding hydrogens is 418 g/mol. The van der Waals surface area contributed by atoms with Crippen molar-refractivity contribution in [1.29, 1.82) is 0 Å². The molecule has 1 unspecified atom stereocenters. The molecule has 3 aromatic rings. The van der Waals surface area contributed by atoms with E-state index >= 15 is 0 Å². The fraction of sp³-hybridized carbons (Fsp3) is 0.423. The van der Waals surface area contributed by atoms with Crippen molar-refractivity contribution < 1.29 is 14.3 Å². The Labute approximate surface area is 194 Å².